The zero-order valence-corrected chi connectivity index (χ0v) is 22.7. The molecule has 1 fully saturated rings. The van der Waals surface area contributed by atoms with E-state index in [-0.39, 0.29) is 0 Å². The number of hydrogen-bond donors (Lipinski definition) is 4. The Bertz CT molecular complexity index is 1050. The van der Waals surface area contributed by atoms with Gasteiger partial charge in [0.1, 0.15) is 0 Å². The highest BCUT2D eigenvalue weighted by Gasteiger charge is 2.25. The largest absolute Gasteiger partial charge is 0.478 e. The summed E-state index contributed by atoms with van der Waals surface area (Å²) in [6, 6.07) is 22.3. The maximum atomic E-state index is 9.55. The summed E-state index contributed by atoms with van der Waals surface area (Å²) < 4.78 is 0. The molecule has 2 aromatic rings. The zero-order chi connectivity index (χ0) is 29.9. The predicted molar refractivity (Wildman–Crippen MR) is 151 cm³/mol. The second kappa shape index (κ2) is 18.7. The third-order valence-electron chi connectivity index (χ3n) is 5.65. The number of benzene rings is 2. The normalized spacial score (nSPS) is 14.1. The minimum Gasteiger partial charge on any atom is -0.478 e. The van der Waals surface area contributed by atoms with Crippen LogP contribution in [0.25, 0.3) is 0 Å². The minimum absolute atomic E-state index is 0.520. The molecule has 40 heavy (non-hydrogen) atoms. The number of carboxylic acids is 4. The molecule has 0 aliphatic carbocycles. The summed E-state index contributed by atoms with van der Waals surface area (Å²) in [6.07, 6.45) is 3.41. The van der Waals surface area contributed by atoms with Crippen molar-refractivity contribution in [2.45, 2.75) is 12.5 Å². The smallest absolute Gasteiger partial charge is 0.328 e. The molecule has 0 spiro atoms. The van der Waals surface area contributed by atoms with Gasteiger partial charge in [0.15, 0.2) is 0 Å². The van der Waals surface area contributed by atoms with Crippen LogP contribution in [-0.2, 0) is 19.2 Å². The molecule has 0 saturated carbocycles. The van der Waals surface area contributed by atoms with Crippen molar-refractivity contribution in [3.8, 4) is 0 Å². The van der Waals surface area contributed by atoms with Crippen LogP contribution in [0, 0.1) is 0 Å². The maximum Gasteiger partial charge on any atom is 0.328 e. The van der Waals surface area contributed by atoms with Gasteiger partial charge in [-0.15, -0.1) is 0 Å². The van der Waals surface area contributed by atoms with Gasteiger partial charge in [-0.25, -0.2) is 19.2 Å². The van der Waals surface area contributed by atoms with Crippen molar-refractivity contribution in [1.82, 2.24) is 9.80 Å². The van der Waals surface area contributed by atoms with E-state index in [0.29, 0.717) is 30.3 Å². The number of hydrogen-bond acceptors (Lipinski definition) is 7. The zero-order valence-electron chi connectivity index (χ0n) is 22.7. The highest BCUT2D eigenvalue weighted by atomic mass is 16.4. The van der Waals surface area contributed by atoms with Gasteiger partial charge in [-0.3, -0.25) is 4.90 Å². The van der Waals surface area contributed by atoms with Crippen LogP contribution in [0.4, 0.5) is 5.69 Å². The molecule has 1 atom stereocenters. The van der Waals surface area contributed by atoms with E-state index in [1.165, 1.54) is 17.7 Å². The van der Waals surface area contributed by atoms with E-state index in [2.05, 4.69) is 89.5 Å². The van der Waals surface area contributed by atoms with Crippen LogP contribution in [0.2, 0.25) is 0 Å². The first kappa shape index (κ1) is 33.5. The average Bonchev–Trinajstić information content (AvgIpc) is 2.93. The van der Waals surface area contributed by atoms with Crippen LogP contribution in [0.5, 0.6) is 0 Å². The SMILES string of the molecule is CN(C)CCC(c1ccccc1)N1CCN(c2ccccc2)CC1.O=C(O)/C=C\C(=O)O.O=C(O)/C=C\C(=O)O. The lowest BCUT2D eigenvalue weighted by Gasteiger charge is -2.40. The molecule has 1 aliphatic rings. The summed E-state index contributed by atoms with van der Waals surface area (Å²) in [5.41, 5.74) is 2.80. The lowest BCUT2D eigenvalue weighted by molar-refractivity contribution is -0.134. The molecule has 0 amide bonds. The number of para-hydroxylation sites is 1. The molecule has 0 bridgehead atoms. The van der Waals surface area contributed by atoms with Crippen LogP contribution in [0.1, 0.15) is 18.0 Å². The van der Waals surface area contributed by atoms with E-state index in [0.717, 1.165) is 32.7 Å². The van der Waals surface area contributed by atoms with Gasteiger partial charge in [-0.1, -0.05) is 48.5 Å². The Morgan fingerprint density at radius 1 is 0.700 bits per heavy atom. The molecule has 11 heteroatoms. The van der Waals surface area contributed by atoms with Gasteiger partial charge in [0.25, 0.3) is 0 Å². The molecule has 3 rings (SSSR count). The number of nitrogens with zero attached hydrogens (tertiary/aromatic N) is 3. The summed E-state index contributed by atoms with van der Waals surface area (Å²) in [7, 11) is 4.32. The lowest BCUT2D eigenvalue weighted by Crippen LogP contribution is -2.48. The van der Waals surface area contributed by atoms with Crippen LogP contribution in [-0.4, -0.2) is 101 Å². The third-order valence-corrected chi connectivity index (χ3v) is 5.65. The molecule has 216 valence electrons. The van der Waals surface area contributed by atoms with Gasteiger partial charge in [0.2, 0.25) is 0 Å². The van der Waals surface area contributed by atoms with Crippen molar-refractivity contribution in [1.29, 1.82) is 0 Å². The van der Waals surface area contributed by atoms with Crippen LogP contribution < -0.4 is 4.90 Å². The number of piperazine rings is 1. The number of rotatable bonds is 10. The Morgan fingerprint density at radius 2 is 1.10 bits per heavy atom. The second-order valence-corrected chi connectivity index (χ2v) is 8.90. The summed E-state index contributed by atoms with van der Waals surface area (Å²) in [5.74, 6) is -5.03. The van der Waals surface area contributed by atoms with Gasteiger partial charge in [-0.05, 0) is 44.8 Å². The summed E-state index contributed by atoms with van der Waals surface area (Å²) >= 11 is 0. The molecule has 1 unspecified atom stereocenters. The first-order chi connectivity index (χ1) is 19.0. The highest BCUT2D eigenvalue weighted by Crippen LogP contribution is 2.27. The Hall–Kier alpha value is -4.48. The molecule has 0 radical (unpaired) electrons. The van der Waals surface area contributed by atoms with Crippen molar-refractivity contribution in [3.05, 3.63) is 90.5 Å². The van der Waals surface area contributed by atoms with Gasteiger partial charge < -0.3 is 30.2 Å². The van der Waals surface area contributed by atoms with Gasteiger partial charge >= 0.3 is 23.9 Å². The molecule has 1 aliphatic heterocycles. The molecule has 1 heterocycles. The summed E-state index contributed by atoms with van der Waals surface area (Å²) in [6.45, 7) is 5.59. The molecular formula is C29H37N3O8. The fourth-order valence-corrected chi connectivity index (χ4v) is 3.83. The number of carboxylic acid groups (broad SMARTS) is 4. The van der Waals surface area contributed by atoms with E-state index in [9.17, 15) is 19.2 Å². The Labute approximate surface area is 233 Å². The van der Waals surface area contributed by atoms with Crippen LogP contribution >= 0.6 is 0 Å². The number of anilines is 1. The van der Waals surface area contributed by atoms with E-state index >= 15 is 0 Å². The van der Waals surface area contributed by atoms with Crippen LogP contribution in [0.15, 0.2) is 85.0 Å². The van der Waals surface area contributed by atoms with E-state index in [4.69, 9.17) is 20.4 Å². The average molecular weight is 556 g/mol. The quantitative estimate of drug-likeness (QED) is 0.319. The van der Waals surface area contributed by atoms with E-state index < -0.39 is 23.9 Å². The van der Waals surface area contributed by atoms with Crippen molar-refractivity contribution in [2.24, 2.45) is 0 Å². The standard InChI is InChI=1S/C21H29N3.2C4H4O4/c1-22(2)14-13-21(19-9-5-3-6-10-19)24-17-15-23(16-18-24)20-11-7-4-8-12-20;2*5-3(6)1-2-4(7)8/h3-12,21H,13-18H2,1-2H3;2*1-2H,(H,5,6)(H,7,8)/b;2*2-1-. The van der Waals surface area contributed by atoms with Crippen molar-refractivity contribution >= 4 is 29.6 Å². The van der Waals surface area contributed by atoms with Crippen molar-refractivity contribution in [2.75, 3.05) is 51.7 Å². The topological polar surface area (TPSA) is 159 Å². The van der Waals surface area contributed by atoms with Gasteiger partial charge in [0.05, 0.1) is 0 Å². The maximum absolute atomic E-state index is 9.55. The van der Waals surface area contributed by atoms with Crippen LogP contribution in [0.3, 0.4) is 0 Å². The Balaban J connectivity index is 0.000000412. The second-order valence-electron chi connectivity index (χ2n) is 8.90. The number of carbonyl (C=O) groups is 4. The van der Waals surface area contributed by atoms with Crippen molar-refractivity contribution < 1.29 is 39.6 Å². The number of aliphatic carboxylic acids is 4. The molecular weight excluding hydrogens is 518 g/mol. The molecule has 1 saturated heterocycles. The first-order valence-electron chi connectivity index (χ1n) is 12.5. The third kappa shape index (κ3) is 15.1. The van der Waals surface area contributed by atoms with E-state index in [1.807, 2.05) is 0 Å². The Kier molecular flexibility index (Phi) is 15.7. The molecule has 4 N–H and O–H groups in total. The molecule has 0 aromatic heterocycles. The molecule has 2 aromatic carbocycles. The van der Waals surface area contributed by atoms with Gasteiger partial charge in [0, 0.05) is 62.2 Å². The van der Waals surface area contributed by atoms with Crippen molar-refractivity contribution in [3.63, 3.8) is 0 Å². The summed E-state index contributed by atoms with van der Waals surface area (Å²) in [5, 5.41) is 31.2. The fourth-order valence-electron chi connectivity index (χ4n) is 3.83. The predicted octanol–water partition coefficient (Wildman–Crippen LogP) is 2.93. The monoisotopic (exact) mass is 555 g/mol. The Morgan fingerprint density at radius 3 is 1.48 bits per heavy atom. The lowest BCUT2D eigenvalue weighted by atomic mass is 10.0. The van der Waals surface area contributed by atoms with E-state index in [1.54, 1.807) is 0 Å². The summed E-state index contributed by atoms with van der Waals surface area (Å²) in [4.78, 5) is 45.7. The molecule has 11 nitrogen and oxygen atoms in total. The highest BCUT2D eigenvalue weighted by molar-refractivity contribution is 5.90. The van der Waals surface area contributed by atoms with Gasteiger partial charge in [-0.2, -0.15) is 0 Å². The first-order valence-corrected chi connectivity index (χ1v) is 12.5. The minimum atomic E-state index is -1.26. The fraction of sp³-hybridized carbons (Fsp3) is 0.310.